The molecule has 1 aromatic rings. The van der Waals surface area contributed by atoms with Crippen molar-refractivity contribution in [2.24, 2.45) is 4.99 Å². The number of anilines is 1. The van der Waals surface area contributed by atoms with Gasteiger partial charge in [-0.15, -0.1) is 11.6 Å². The van der Waals surface area contributed by atoms with E-state index in [-0.39, 0.29) is 5.91 Å². The maximum absolute atomic E-state index is 12.3. The number of amides is 1. The molecule has 0 saturated heterocycles. The molecule has 0 atom stereocenters. The van der Waals surface area contributed by atoms with Crippen LogP contribution in [0.2, 0.25) is 0 Å². The van der Waals surface area contributed by atoms with Gasteiger partial charge in [0.25, 0.3) is 5.91 Å². The fraction of sp³-hybridized carbons (Fsp3) is 0.375. The second-order valence-corrected chi connectivity index (χ2v) is 5.55. The highest BCUT2D eigenvalue weighted by molar-refractivity contribution is 6.18. The number of alkyl halides is 1. The summed E-state index contributed by atoms with van der Waals surface area (Å²) in [6.07, 6.45) is 2.59. The lowest BCUT2D eigenvalue weighted by Gasteiger charge is -2.14. The van der Waals surface area contributed by atoms with Gasteiger partial charge in [-0.3, -0.25) is 9.69 Å². The lowest BCUT2D eigenvalue weighted by Crippen LogP contribution is -2.31. The molecule has 21 heavy (non-hydrogen) atoms. The molecule has 0 spiro atoms. The van der Waals surface area contributed by atoms with Crippen molar-refractivity contribution in [3.63, 3.8) is 0 Å². The van der Waals surface area contributed by atoms with Crippen LogP contribution in [0.25, 0.3) is 6.08 Å². The topological polar surface area (TPSA) is 35.9 Å². The van der Waals surface area contributed by atoms with Crippen LogP contribution in [0, 0.1) is 0 Å². The molecule has 1 aliphatic rings. The molecule has 1 aliphatic heterocycles. The Labute approximate surface area is 130 Å². The third kappa shape index (κ3) is 3.64. The molecule has 0 saturated carbocycles. The van der Waals surface area contributed by atoms with E-state index >= 15 is 0 Å². The van der Waals surface area contributed by atoms with Gasteiger partial charge in [0.15, 0.2) is 0 Å². The van der Waals surface area contributed by atoms with Crippen molar-refractivity contribution in [2.75, 3.05) is 31.4 Å². The molecule has 0 radical (unpaired) electrons. The van der Waals surface area contributed by atoms with Crippen LogP contribution >= 0.6 is 11.6 Å². The van der Waals surface area contributed by atoms with E-state index < -0.39 is 0 Å². The molecular formula is C16H20ClN3O. The number of hydrogen-bond donors (Lipinski definition) is 0. The SMILES string of the molecule is CC1=N/C(=C\c2ccc(N(C)C)cc2)C(=O)N1CCCCl. The van der Waals surface area contributed by atoms with E-state index in [0.717, 1.165) is 23.5 Å². The molecule has 0 N–H and O–H groups in total. The standard InChI is InChI=1S/C16H20ClN3O/c1-12-18-15(16(21)20(12)10-4-9-17)11-13-5-7-14(8-6-13)19(2)3/h5-8,11H,4,9-10H2,1-3H3/b15-11-. The first-order valence-electron chi connectivity index (χ1n) is 6.95. The number of rotatable bonds is 5. The summed E-state index contributed by atoms with van der Waals surface area (Å²) in [5.41, 5.74) is 2.58. The van der Waals surface area contributed by atoms with Gasteiger partial charge in [0, 0.05) is 32.2 Å². The van der Waals surface area contributed by atoms with Crippen LogP contribution in [0.5, 0.6) is 0 Å². The first-order valence-corrected chi connectivity index (χ1v) is 7.48. The molecule has 0 bridgehead atoms. The third-order valence-corrected chi connectivity index (χ3v) is 3.63. The molecule has 0 aromatic heterocycles. The summed E-state index contributed by atoms with van der Waals surface area (Å²) in [6, 6.07) is 8.02. The van der Waals surface area contributed by atoms with E-state index in [1.807, 2.05) is 56.3 Å². The predicted molar refractivity (Wildman–Crippen MR) is 88.9 cm³/mol. The molecule has 4 nitrogen and oxygen atoms in total. The highest BCUT2D eigenvalue weighted by atomic mass is 35.5. The molecule has 1 aromatic carbocycles. The van der Waals surface area contributed by atoms with Crippen LogP contribution in [-0.4, -0.2) is 43.2 Å². The lowest BCUT2D eigenvalue weighted by atomic mass is 10.1. The molecule has 0 aliphatic carbocycles. The van der Waals surface area contributed by atoms with Crippen molar-refractivity contribution < 1.29 is 4.79 Å². The van der Waals surface area contributed by atoms with Gasteiger partial charge in [0.2, 0.25) is 0 Å². The van der Waals surface area contributed by atoms with Gasteiger partial charge in [-0.05, 0) is 37.1 Å². The Kier molecular flexibility index (Phi) is 5.02. The van der Waals surface area contributed by atoms with Gasteiger partial charge >= 0.3 is 0 Å². The van der Waals surface area contributed by atoms with Crippen LogP contribution in [0.1, 0.15) is 18.9 Å². The smallest absolute Gasteiger partial charge is 0.277 e. The Bertz CT molecular complexity index is 576. The van der Waals surface area contributed by atoms with Crippen molar-refractivity contribution in [3.05, 3.63) is 35.5 Å². The molecule has 5 heteroatoms. The minimum absolute atomic E-state index is 0.0469. The first-order chi connectivity index (χ1) is 10.0. The van der Waals surface area contributed by atoms with Gasteiger partial charge in [-0.2, -0.15) is 0 Å². The molecule has 0 fully saturated rings. The van der Waals surface area contributed by atoms with Crippen LogP contribution in [0.4, 0.5) is 5.69 Å². The van der Waals surface area contributed by atoms with E-state index in [9.17, 15) is 4.79 Å². The Morgan fingerprint density at radius 3 is 2.52 bits per heavy atom. The van der Waals surface area contributed by atoms with E-state index in [2.05, 4.69) is 4.99 Å². The summed E-state index contributed by atoms with van der Waals surface area (Å²) in [5.74, 6) is 1.23. The molecular weight excluding hydrogens is 286 g/mol. The summed E-state index contributed by atoms with van der Waals surface area (Å²) >= 11 is 5.69. The number of benzene rings is 1. The minimum atomic E-state index is -0.0469. The zero-order valence-electron chi connectivity index (χ0n) is 12.6. The normalized spacial score (nSPS) is 16.6. The Hall–Kier alpha value is -1.81. The highest BCUT2D eigenvalue weighted by Crippen LogP contribution is 2.20. The van der Waals surface area contributed by atoms with Gasteiger partial charge in [-0.25, -0.2) is 4.99 Å². The zero-order valence-corrected chi connectivity index (χ0v) is 13.4. The summed E-state index contributed by atoms with van der Waals surface area (Å²) < 4.78 is 0. The summed E-state index contributed by atoms with van der Waals surface area (Å²) in [5, 5.41) is 0. The number of aliphatic imine (C=N–C) groups is 1. The fourth-order valence-corrected chi connectivity index (χ4v) is 2.29. The average molecular weight is 306 g/mol. The van der Waals surface area contributed by atoms with Crippen LogP contribution in [-0.2, 0) is 4.79 Å². The van der Waals surface area contributed by atoms with Crippen LogP contribution in [0.15, 0.2) is 35.0 Å². The van der Waals surface area contributed by atoms with Crippen molar-refractivity contribution in [1.29, 1.82) is 0 Å². The van der Waals surface area contributed by atoms with Gasteiger partial charge in [0.1, 0.15) is 11.5 Å². The molecule has 1 amide bonds. The van der Waals surface area contributed by atoms with Crippen LogP contribution < -0.4 is 4.90 Å². The molecule has 0 unspecified atom stereocenters. The maximum atomic E-state index is 12.3. The third-order valence-electron chi connectivity index (χ3n) is 3.37. The molecule has 1 heterocycles. The highest BCUT2D eigenvalue weighted by Gasteiger charge is 2.26. The minimum Gasteiger partial charge on any atom is -0.378 e. The fourth-order valence-electron chi connectivity index (χ4n) is 2.17. The lowest BCUT2D eigenvalue weighted by molar-refractivity contribution is -0.122. The number of carbonyl (C=O) groups is 1. The van der Waals surface area contributed by atoms with Gasteiger partial charge in [0.05, 0.1) is 0 Å². The van der Waals surface area contributed by atoms with E-state index in [1.54, 1.807) is 4.90 Å². The number of hydrogen-bond acceptors (Lipinski definition) is 3. The van der Waals surface area contributed by atoms with E-state index in [1.165, 1.54) is 0 Å². The number of carbonyl (C=O) groups excluding carboxylic acids is 1. The second kappa shape index (κ2) is 6.76. The Balaban J connectivity index is 2.16. The van der Waals surface area contributed by atoms with Crippen molar-refractivity contribution >= 4 is 35.1 Å². The monoisotopic (exact) mass is 305 g/mol. The predicted octanol–water partition coefficient (Wildman–Crippen LogP) is 2.98. The quantitative estimate of drug-likeness (QED) is 0.619. The summed E-state index contributed by atoms with van der Waals surface area (Å²) in [7, 11) is 3.99. The van der Waals surface area contributed by atoms with Crippen molar-refractivity contribution in [1.82, 2.24) is 4.90 Å². The number of nitrogens with zero attached hydrogens (tertiary/aromatic N) is 3. The Morgan fingerprint density at radius 2 is 1.95 bits per heavy atom. The van der Waals surface area contributed by atoms with Gasteiger partial charge < -0.3 is 4.90 Å². The number of amidine groups is 1. The van der Waals surface area contributed by atoms with E-state index in [0.29, 0.717) is 18.1 Å². The molecule has 2 rings (SSSR count). The summed E-state index contributed by atoms with van der Waals surface area (Å²) in [4.78, 5) is 20.4. The first kappa shape index (κ1) is 15.6. The zero-order chi connectivity index (χ0) is 15.4. The second-order valence-electron chi connectivity index (χ2n) is 5.17. The van der Waals surface area contributed by atoms with Crippen molar-refractivity contribution in [2.45, 2.75) is 13.3 Å². The summed E-state index contributed by atoms with van der Waals surface area (Å²) in [6.45, 7) is 2.47. The molecule has 112 valence electrons. The average Bonchev–Trinajstić information content (AvgIpc) is 2.72. The van der Waals surface area contributed by atoms with E-state index in [4.69, 9.17) is 11.6 Å². The Morgan fingerprint density at radius 1 is 1.29 bits per heavy atom. The maximum Gasteiger partial charge on any atom is 0.277 e. The largest absolute Gasteiger partial charge is 0.378 e. The van der Waals surface area contributed by atoms with Gasteiger partial charge in [-0.1, -0.05) is 12.1 Å². The van der Waals surface area contributed by atoms with Crippen LogP contribution in [0.3, 0.4) is 0 Å². The van der Waals surface area contributed by atoms with Crippen molar-refractivity contribution in [3.8, 4) is 0 Å². The number of halogens is 1.